The Hall–Kier alpha value is -0.640. The van der Waals surface area contributed by atoms with Crippen LogP contribution in [0.2, 0.25) is 0 Å². The van der Waals surface area contributed by atoms with Crippen molar-refractivity contribution in [1.82, 2.24) is 5.32 Å². The number of aliphatic hydroxyl groups is 1. The van der Waals surface area contributed by atoms with Crippen LogP contribution in [0.4, 0.5) is 0 Å². The SMILES string of the molecule is CCCSC1=NCC(CC)=C(O)N1. The van der Waals surface area contributed by atoms with Gasteiger partial charge in [0.15, 0.2) is 11.1 Å². The molecule has 0 aromatic rings. The van der Waals surface area contributed by atoms with Crippen LogP contribution in [0.5, 0.6) is 0 Å². The predicted molar refractivity (Wildman–Crippen MR) is 58.1 cm³/mol. The van der Waals surface area contributed by atoms with Gasteiger partial charge in [0.05, 0.1) is 6.54 Å². The molecule has 0 aliphatic carbocycles. The summed E-state index contributed by atoms with van der Waals surface area (Å²) in [7, 11) is 0. The first kappa shape index (κ1) is 10.4. The van der Waals surface area contributed by atoms with Gasteiger partial charge in [0.2, 0.25) is 0 Å². The number of aliphatic hydroxyl groups excluding tert-OH is 1. The van der Waals surface area contributed by atoms with E-state index >= 15 is 0 Å². The van der Waals surface area contributed by atoms with E-state index in [1.54, 1.807) is 11.8 Å². The van der Waals surface area contributed by atoms with Crippen molar-refractivity contribution in [3.8, 4) is 0 Å². The largest absolute Gasteiger partial charge is 0.495 e. The molecule has 13 heavy (non-hydrogen) atoms. The third-order valence-corrected chi connectivity index (χ3v) is 2.96. The number of hydrogen-bond acceptors (Lipinski definition) is 4. The van der Waals surface area contributed by atoms with Crippen molar-refractivity contribution in [2.45, 2.75) is 26.7 Å². The molecule has 4 heteroatoms. The molecule has 2 N–H and O–H groups in total. The summed E-state index contributed by atoms with van der Waals surface area (Å²) in [5.41, 5.74) is 0.987. The van der Waals surface area contributed by atoms with Gasteiger partial charge in [0.25, 0.3) is 0 Å². The van der Waals surface area contributed by atoms with Gasteiger partial charge in [-0.05, 0) is 12.8 Å². The Morgan fingerprint density at radius 2 is 2.31 bits per heavy atom. The number of hydrogen-bond donors (Lipinski definition) is 2. The summed E-state index contributed by atoms with van der Waals surface area (Å²) in [5, 5.41) is 13.3. The van der Waals surface area contributed by atoms with Crippen molar-refractivity contribution in [1.29, 1.82) is 0 Å². The highest BCUT2D eigenvalue weighted by atomic mass is 32.2. The Kier molecular flexibility index (Phi) is 4.15. The maximum absolute atomic E-state index is 9.51. The Bertz CT molecular complexity index is 236. The molecule has 1 rings (SSSR count). The first-order valence-electron chi connectivity index (χ1n) is 4.63. The first-order chi connectivity index (χ1) is 6.27. The van der Waals surface area contributed by atoms with E-state index in [1.165, 1.54) is 0 Å². The number of rotatable bonds is 3. The fourth-order valence-electron chi connectivity index (χ4n) is 1.03. The predicted octanol–water partition coefficient (Wildman–Crippen LogP) is 2.27. The lowest BCUT2D eigenvalue weighted by Gasteiger charge is -2.16. The van der Waals surface area contributed by atoms with Gasteiger partial charge >= 0.3 is 0 Å². The van der Waals surface area contributed by atoms with Gasteiger partial charge < -0.3 is 10.4 Å². The van der Waals surface area contributed by atoms with Crippen LogP contribution in [-0.2, 0) is 0 Å². The number of nitrogens with one attached hydrogen (secondary N) is 1. The molecule has 0 spiro atoms. The van der Waals surface area contributed by atoms with Gasteiger partial charge in [-0.25, -0.2) is 0 Å². The lowest BCUT2D eigenvalue weighted by molar-refractivity contribution is 0.375. The maximum atomic E-state index is 9.51. The average Bonchev–Trinajstić information content (AvgIpc) is 2.15. The fourth-order valence-corrected chi connectivity index (χ4v) is 1.75. The Morgan fingerprint density at radius 3 is 2.85 bits per heavy atom. The van der Waals surface area contributed by atoms with E-state index in [1.807, 2.05) is 6.92 Å². The van der Waals surface area contributed by atoms with Crippen LogP contribution in [0.15, 0.2) is 16.4 Å². The van der Waals surface area contributed by atoms with Gasteiger partial charge in [-0.1, -0.05) is 25.6 Å². The molecule has 0 amide bonds. The van der Waals surface area contributed by atoms with E-state index in [9.17, 15) is 5.11 Å². The Labute approximate surface area is 83.3 Å². The molecule has 0 fully saturated rings. The second-order valence-corrected chi connectivity index (χ2v) is 3.98. The zero-order chi connectivity index (χ0) is 9.68. The molecule has 0 atom stereocenters. The van der Waals surface area contributed by atoms with Crippen LogP contribution < -0.4 is 5.32 Å². The number of aliphatic imine (C=N–C) groups is 1. The molecule has 1 aliphatic rings. The summed E-state index contributed by atoms with van der Waals surface area (Å²) in [5.74, 6) is 1.34. The number of nitrogens with zero attached hydrogens (tertiary/aromatic N) is 1. The smallest absolute Gasteiger partial charge is 0.191 e. The summed E-state index contributed by atoms with van der Waals surface area (Å²) in [4.78, 5) is 4.32. The monoisotopic (exact) mass is 200 g/mol. The van der Waals surface area contributed by atoms with Crippen molar-refractivity contribution in [2.24, 2.45) is 4.99 Å². The lowest BCUT2D eigenvalue weighted by atomic mass is 10.2. The third kappa shape index (κ3) is 2.95. The molecule has 74 valence electrons. The molecule has 0 saturated heterocycles. The van der Waals surface area contributed by atoms with E-state index < -0.39 is 0 Å². The molecule has 0 unspecified atom stereocenters. The number of amidine groups is 1. The van der Waals surface area contributed by atoms with Crippen LogP contribution in [0.3, 0.4) is 0 Å². The van der Waals surface area contributed by atoms with Gasteiger partial charge in [-0.2, -0.15) is 0 Å². The standard InChI is InChI=1S/C9H16N2OS/c1-3-5-13-9-10-6-7(4-2)8(12)11-9/h12H,3-6H2,1-2H3,(H,10,11). The molecule has 0 saturated carbocycles. The second-order valence-electron chi connectivity index (χ2n) is 2.90. The molecular weight excluding hydrogens is 184 g/mol. The van der Waals surface area contributed by atoms with Crippen molar-refractivity contribution >= 4 is 16.9 Å². The minimum absolute atomic E-state index is 0.302. The first-order valence-corrected chi connectivity index (χ1v) is 5.61. The van der Waals surface area contributed by atoms with Crippen LogP contribution >= 0.6 is 11.8 Å². The second kappa shape index (κ2) is 5.17. The maximum Gasteiger partial charge on any atom is 0.191 e. The minimum atomic E-state index is 0.302. The zero-order valence-corrected chi connectivity index (χ0v) is 8.95. The molecule has 3 nitrogen and oxygen atoms in total. The van der Waals surface area contributed by atoms with Crippen molar-refractivity contribution in [3.05, 3.63) is 11.5 Å². The summed E-state index contributed by atoms with van der Waals surface area (Å²) in [6.45, 7) is 4.79. The van der Waals surface area contributed by atoms with Crippen LogP contribution in [0.25, 0.3) is 0 Å². The Morgan fingerprint density at radius 1 is 1.54 bits per heavy atom. The van der Waals surface area contributed by atoms with Gasteiger partial charge in [-0.15, -0.1) is 0 Å². The quantitative estimate of drug-likeness (QED) is 0.734. The van der Waals surface area contributed by atoms with E-state index in [-0.39, 0.29) is 0 Å². The zero-order valence-electron chi connectivity index (χ0n) is 8.13. The molecule has 0 aromatic heterocycles. The molecule has 1 heterocycles. The summed E-state index contributed by atoms with van der Waals surface area (Å²) in [6, 6.07) is 0. The highest BCUT2D eigenvalue weighted by Gasteiger charge is 2.12. The third-order valence-electron chi connectivity index (χ3n) is 1.84. The van der Waals surface area contributed by atoms with Crippen LogP contribution in [0.1, 0.15) is 26.7 Å². The van der Waals surface area contributed by atoms with Crippen molar-refractivity contribution in [2.75, 3.05) is 12.3 Å². The normalized spacial score (nSPS) is 16.9. The lowest BCUT2D eigenvalue weighted by Crippen LogP contribution is -2.26. The molecule has 1 aliphatic heterocycles. The van der Waals surface area contributed by atoms with Crippen molar-refractivity contribution < 1.29 is 5.11 Å². The molecular formula is C9H16N2OS. The van der Waals surface area contributed by atoms with E-state index in [0.29, 0.717) is 12.4 Å². The highest BCUT2D eigenvalue weighted by molar-refractivity contribution is 8.13. The fraction of sp³-hybridized carbons (Fsp3) is 0.667. The van der Waals surface area contributed by atoms with E-state index in [4.69, 9.17) is 0 Å². The molecule has 0 radical (unpaired) electrons. The van der Waals surface area contributed by atoms with Crippen molar-refractivity contribution in [3.63, 3.8) is 0 Å². The summed E-state index contributed by atoms with van der Waals surface area (Å²) >= 11 is 1.66. The van der Waals surface area contributed by atoms with Gasteiger partial charge in [0, 0.05) is 11.3 Å². The number of thioether (sulfide) groups is 1. The van der Waals surface area contributed by atoms with E-state index in [2.05, 4.69) is 17.2 Å². The van der Waals surface area contributed by atoms with Gasteiger partial charge in [-0.3, -0.25) is 4.99 Å². The Balaban J connectivity index is 2.44. The van der Waals surface area contributed by atoms with Gasteiger partial charge in [0.1, 0.15) is 0 Å². The van der Waals surface area contributed by atoms with Crippen LogP contribution in [-0.4, -0.2) is 22.6 Å². The summed E-state index contributed by atoms with van der Waals surface area (Å²) in [6.07, 6.45) is 1.98. The topological polar surface area (TPSA) is 44.6 Å². The summed E-state index contributed by atoms with van der Waals surface area (Å²) < 4.78 is 0. The van der Waals surface area contributed by atoms with Crippen LogP contribution in [0, 0.1) is 0 Å². The molecule has 0 aromatic carbocycles. The average molecular weight is 200 g/mol. The van der Waals surface area contributed by atoms with E-state index in [0.717, 1.165) is 29.3 Å². The molecule has 0 bridgehead atoms. The minimum Gasteiger partial charge on any atom is -0.495 e. The highest BCUT2D eigenvalue weighted by Crippen LogP contribution is 2.14.